The van der Waals surface area contributed by atoms with E-state index in [1.165, 1.54) is 6.20 Å². The van der Waals surface area contributed by atoms with Crippen LogP contribution in [0.1, 0.15) is 24.7 Å². The zero-order valence-corrected chi connectivity index (χ0v) is 12.4. The van der Waals surface area contributed by atoms with Gasteiger partial charge in [0, 0.05) is 19.2 Å². The summed E-state index contributed by atoms with van der Waals surface area (Å²) < 4.78 is 15.7. The van der Waals surface area contributed by atoms with E-state index in [0.29, 0.717) is 38.3 Å². The summed E-state index contributed by atoms with van der Waals surface area (Å²) in [6, 6.07) is 3.64. The molecule has 0 aromatic carbocycles. The lowest BCUT2D eigenvalue weighted by atomic mass is 10.2. The van der Waals surface area contributed by atoms with E-state index >= 15 is 0 Å². The highest BCUT2D eigenvalue weighted by Crippen LogP contribution is 2.23. The predicted octanol–water partition coefficient (Wildman–Crippen LogP) is 1.46. The highest BCUT2D eigenvalue weighted by Gasteiger charge is 2.20. The van der Waals surface area contributed by atoms with E-state index in [9.17, 15) is 9.18 Å². The van der Waals surface area contributed by atoms with Crippen LogP contribution >= 0.6 is 0 Å². The van der Waals surface area contributed by atoms with Gasteiger partial charge in [-0.25, -0.2) is 4.39 Å². The van der Waals surface area contributed by atoms with Crippen LogP contribution in [0.2, 0.25) is 0 Å². The second-order valence-electron chi connectivity index (χ2n) is 5.23. The first-order chi connectivity index (χ1) is 10.7. The first-order valence-electron chi connectivity index (χ1n) is 7.34. The zero-order valence-electron chi connectivity index (χ0n) is 12.4. The average Bonchev–Trinajstić information content (AvgIpc) is 2.95. The summed E-state index contributed by atoms with van der Waals surface area (Å²) in [5.41, 5.74) is 2.40. The number of anilines is 1. The third-order valence-corrected chi connectivity index (χ3v) is 3.73. The van der Waals surface area contributed by atoms with E-state index < -0.39 is 0 Å². The monoisotopic (exact) mass is 303 g/mol. The number of carbonyl (C=O) groups is 1. The predicted molar refractivity (Wildman–Crippen MR) is 79.6 cm³/mol. The van der Waals surface area contributed by atoms with Gasteiger partial charge in [-0.1, -0.05) is 6.92 Å². The Morgan fingerprint density at radius 2 is 2.32 bits per heavy atom. The van der Waals surface area contributed by atoms with Gasteiger partial charge in [-0.15, -0.1) is 0 Å². The van der Waals surface area contributed by atoms with Gasteiger partial charge < -0.3 is 10.2 Å². The van der Waals surface area contributed by atoms with Crippen molar-refractivity contribution in [2.75, 3.05) is 11.4 Å². The number of rotatable bonds is 4. The van der Waals surface area contributed by atoms with Crippen LogP contribution in [0.5, 0.6) is 0 Å². The molecule has 6 nitrogen and oxygen atoms in total. The number of carbonyl (C=O) groups excluding carboxylic acids is 1. The largest absolute Gasteiger partial charge is 0.361 e. The van der Waals surface area contributed by atoms with E-state index in [-0.39, 0.29) is 11.7 Å². The molecule has 1 aliphatic rings. The summed E-state index contributed by atoms with van der Waals surface area (Å²) in [7, 11) is 0. The number of amides is 1. The maximum atomic E-state index is 13.8. The van der Waals surface area contributed by atoms with Crippen LogP contribution < -0.4 is 10.2 Å². The molecule has 0 saturated heterocycles. The molecule has 0 bridgehead atoms. The van der Waals surface area contributed by atoms with Crippen LogP contribution in [0.4, 0.5) is 10.1 Å². The second kappa shape index (κ2) is 6.13. The van der Waals surface area contributed by atoms with Crippen molar-refractivity contribution < 1.29 is 9.18 Å². The first-order valence-corrected chi connectivity index (χ1v) is 7.34. The molecule has 116 valence electrons. The van der Waals surface area contributed by atoms with E-state index in [0.717, 1.165) is 11.4 Å². The summed E-state index contributed by atoms with van der Waals surface area (Å²) in [6.45, 7) is 4.22. The van der Waals surface area contributed by atoms with Gasteiger partial charge in [0.2, 0.25) is 5.91 Å². The zero-order chi connectivity index (χ0) is 15.5. The van der Waals surface area contributed by atoms with E-state index in [1.807, 2.05) is 22.6 Å². The van der Waals surface area contributed by atoms with Gasteiger partial charge in [0.15, 0.2) is 5.82 Å². The Bertz CT molecular complexity index is 684. The fourth-order valence-corrected chi connectivity index (χ4v) is 2.56. The molecule has 0 aliphatic carbocycles. The van der Waals surface area contributed by atoms with Crippen LogP contribution in [0.3, 0.4) is 0 Å². The molecule has 0 radical (unpaired) electrons. The van der Waals surface area contributed by atoms with Crippen molar-refractivity contribution in [3.8, 4) is 0 Å². The smallest absolute Gasteiger partial charge is 0.220 e. The maximum Gasteiger partial charge on any atom is 0.220 e. The van der Waals surface area contributed by atoms with Crippen molar-refractivity contribution in [3.63, 3.8) is 0 Å². The maximum absolute atomic E-state index is 13.8. The molecule has 2 aromatic rings. The van der Waals surface area contributed by atoms with Crippen molar-refractivity contribution in [1.82, 2.24) is 20.1 Å². The highest BCUT2D eigenvalue weighted by atomic mass is 19.1. The van der Waals surface area contributed by atoms with Crippen molar-refractivity contribution in [2.24, 2.45) is 0 Å². The molecule has 0 saturated carbocycles. The first kappa shape index (κ1) is 14.5. The number of nitrogens with zero attached hydrogens (tertiary/aromatic N) is 4. The molecule has 1 amide bonds. The number of nitrogens with one attached hydrogen (secondary N) is 1. The minimum atomic E-state index is -0.314. The topological polar surface area (TPSA) is 63.1 Å². The number of pyridine rings is 1. The van der Waals surface area contributed by atoms with E-state index in [2.05, 4.69) is 15.4 Å². The van der Waals surface area contributed by atoms with Crippen molar-refractivity contribution >= 4 is 11.6 Å². The van der Waals surface area contributed by atoms with Crippen LogP contribution in [0, 0.1) is 5.82 Å². The summed E-state index contributed by atoms with van der Waals surface area (Å²) in [6.07, 6.45) is 3.28. The Morgan fingerprint density at radius 1 is 1.45 bits per heavy atom. The van der Waals surface area contributed by atoms with Crippen molar-refractivity contribution in [3.05, 3.63) is 41.7 Å². The van der Waals surface area contributed by atoms with Crippen molar-refractivity contribution in [1.29, 1.82) is 0 Å². The minimum absolute atomic E-state index is 0.00598. The number of fused-ring (bicyclic) bond motifs is 1. The molecule has 22 heavy (non-hydrogen) atoms. The molecule has 0 spiro atoms. The van der Waals surface area contributed by atoms with E-state index in [1.54, 1.807) is 12.3 Å². The van der Waals surface area contributed by atoms with Gasteiger partial charge in [0.05, 0.1) is 42.9 Å². The molecule has 1 aliphatic heterocycles. The van der Waals surface area contributed by atoms with Crippen LogP contribution in [0.15, 0.2) is 24.5 Å². The van der Waals surface area contributed by atoms with Gasteiger partial charge >= 0.3 is 0 Å². The molecule has 3 rings (SSSR count). The minimum Gasteiger partial charge on any atom is -0.361 e. The molecule has 7 heteroatoms. The Morgan fingerprint density at radius 3 is 3.09 bits per heavy atom. The summed E-state index contributed by atoms with van der Waals surface area (Å²) >= 11 is 0. The fraction of sp³-hybridized carbons (Fsp3) is 0.400. The number of aromatic nitrogens is 3. The molecule has 3 heterocycles. The van der Waals surface area contributed by atoms with Gasteiger partial charge in [-0.3, -0.25) is 14.5 Å². The highest BCUT2D eigenvalue weighted by molar-refractivity contribution is 5.75. The SMILES string of the molecule is CCC(=O)NCc1cc2n(n1)CCN(c1ccncc1F)C2. The lowest BCUT2D eigenvalue weighted by molar-refractivity contribution is -0.120. The van der Waals surface area contributed by atoms with Crippen LogP contribution in [0.25, 0.3) is 0 Å². The summed E-state index contributed by atoms with van der Waals surface area (Å²) in [4.78, 5) is 17.1. The molecule has 2 aromatic heterocycles. The third-order valence-electron chi connectivity index (χ3n) is 3.73. The average molecular weight is 303 g/mol. The Kier molecular flexibility index (Phi) is 4.04. The molecule has 0 unspecified atom stereocenters. The lowest BCUT2D eigenvalue weighted by Gasteiger charge is -2.29. The van der Waals surface area contributed by atoms with E-state index in [4.69, 9.17) is 0 Å². The van der Waals surface area contributed by atoms with Crippen LogP contribution in [-0.2, 0) is 24.4 Å². The van der Waals surface area contributed by atoms with Gasteiger partial charge in [0.25, 0.3) is 0 Å². The molecule has 0 atom stereocenters. The Labute approximate surface area is 128 Å². The quantitative estimate of drug-likeness (QED) is 0.929. The molecule has 0 fully saturated rings. The number of hydrogen-bond acceptors (Lipinski definition) is 4. The molecular weight excluding hydrogens is 285 g/mol. The molecule has 1 N–H and O–H groups in total. The lowest BCUT2D eigenvalue weighted by Crippen LogP contribution is -2.34. The Hall–Kier alpha value is -2.44. The normalized spacial score (nSPS) is 13.8. The number of hydrogen-bond donors (Lipinski definition) is 1. The standard InChI is InChI=1S/C15H18FN5O/c1-2-15(22)18-8-11-7-12-10-20(5-6-21(12)19-11)14-3-4-17-9-13(14)16/h3-4,7,9H,2,5-6,8,10H2,1H3,(H,18,22). The fourth-order valence-electron chi connectivity index (χ4n) is 2.56. The second-order valence-corrected chi connectivity index (χ2v) is 5.23. The van der Waals surface area contributed by atoms with Gasteiger partial charge in [-0.2, -0.15) is 5.10 Å². The van der Waals surface area contributed by atoms with Crippen LogP contribution in [-0.4, -0.2) is 27.2 Å². The summed E-state index contributed by atoms with van der Waals surface area (Å²) in [5.74, 6) is -0.308. The third kappa shape index (κ3) is 2.93. The summed E-state index contributed by atoms with van der Waals surface area (Å²) in [5, 5.41) is 7.29. The Balaban J connectivity index is 1.72. The molecular formula is C15H18FN5O. The van der Waals surface area contributed by atoms with Gasteiger partial charge in [0.1, 0.15) is 0 Å². The number of halogens is 1. The van der Waals surface area contributed by atoms with Gasteiger partial charge in [-0.05, 0) is 12.1 Å². The van der Waals surface area contributed by atoms with Crippen molar-refractivity contribution in [2.45, 2.75) is 33.0 Å².